The molecule has 0 aliphatic heterocycles. The number of aliphatic imine (C=N–C) groups is 1. The number of anilines is 1. The summed E-state index contributed by atoms with van der Waals surface area (Å²) in [6.07, 6.45) is 1.13. The summed E-state index contributed by atoms with van der Waals surface area (Å²) in [5.41, 5.74) is 2.96. The van der Waals surface area contributed by atoms with Gasteiger partial charge in [0.25, 0.3) is 0 Å². The summed E-state index contributed by atoms with van der Waals surface area (Å²) in [5, 5.41) is 5.06. The normalized spacial score (nSPS) is 10.9. The first-order valence-electron chi connectivity index (χ1n) is 9.03. The zero-order valence-corrected chi connectivity index (χ0v) is 25.1. The number of rotatable bonds is 5. The van der Waals surface area contributed by atoms with Crippen molar-refractivity contribution in [1.29, 1.82) is 0 Å². The fraction of sp³-hybridized carbons (Fsp3) is 0.0476. The van der Waals surface area contributed by atoms with Gasteiger partial charge in [0, 0.05) is 0 Å². The van der Waals surface area contributed by atoms with Crippen molar-refractivity contribution in [1.82, 2.24) is 15.0 Å². The van der Waals surface area contributed by atoms with Crippen molar-refractivity contribution in [2.75, 3.05) is 5.32 Å². The van der Waals surface area contributed by atoms with Crippen molar-refractivity contribution in [3.63, 3.8) is 0 Å². The van der Waals surface area contributed by atoms with Gasteiger partial charge in [-0.15, -0.1) is 0 Å². The number of para-hydroxylation sites is 1. The minimum absolute atomic E-state index is 0.0923. The summed E-state index contributed by atoms with van der Waals surface area (Å²) >= 11 is 14.5. The van der Waals surface area contributed by atoms with Gasteiger partial charge in [-0.3, -0.25) is 0 Å². The Bertz CT molecular complexity index is 1310. The maximum atomic E-state index is 14.3. The molecule has 10 heteroatoms. The maximum absolute atomic E-state index is 14.3. The first-order chi connectivity index (χ1) is 14.9. The van der Waals surface area contributed by atoms with Crippen LogP contribution in [-0.4, -0.2) is 67.3 Å². The molecule has 150 valence electrons. The molecule has 0 spiro atoms. The molecule has 0 saturated heterocycles. The average Bonchev–Trinajstić information content (AvgIpc) is 2.74. The number of fused-ring (bicyclic) bond motifs is 1. The molecule has 1 N–H and O–H groups in total. The van der Waals surface area contributed by atoms with Gasteiger partial charge in [0.2, 0.25) is 0 Å². The second kappa shape index (κ2) is 10.1. The Labute approximate surface area is 219 Å². The van der Waals surface area contributed by atoms with Gasteiger partial charge >= 0.3 is 198 Å². The quantitative estimate of drug-likeness (QED) is 0.226. The van der Waals surface area contributed by atoms with E-state index in [1.165, 1.54) is 0 Å². The SMILES string of the molecule is Fc1cnc(N=[C]([Pb])[Pb])nc1NCc1cc2cccc(Cl)c2nc1-c1ccccc1Cl. The van der Waals surface area contributed by atoms with Gasteiger partial charge < -0.3 is 0 Å². The second-order valence-corrected chi connectivity index (χ2v) is 18.5. The van der Waals surface area contributed by atoms with Crippen LogP contribution in [0.4, 0.5) is 16.2 Å². The molecular weight excluding hydrogens is 827 g/mol. The monoisotopic (exact) mass is 839 g/mol. The Balaban J connectivity index is 1.78. The Morgan fingerprint density at radius 1 is 1.03 bits per heavy atom. The van der Waals surface area contributed by atoms with Crippen LogP contribution in [0.1, 0.15) is 5.56 Å². The molecule has 4 aromatic rings. The summed E-state index contributed by atoms with van der Waals surface area (Å²) in [6, 6.07) is 15.0. The molecule has 0 amide bonds. The zero-order chi connectivity index (χ0) is 22.0. The van der Waals surface area contributed by atoms with E-state index >= 15 is 0 Å². The third kappa shape index (κ3) is 5.40. The molecule has 2 aromatic heterocycles. The number of aromatic nitrogens is 3. The number of nitrogens with zero attached hydrogens (tertiary/aromatic N) is 4. The predicted octanol–water partition coefficient (Wildman–Crippen LogP) is 5.07. The Kier molecular flexibility index (Phi) is 7.49. The van der Waals surface area contributed by atoms with Crippen LogP contribution in [-0.2, 0) is 6.54 Å². The molecule has 0 fully saturated rings. The standard InChI is InChI=1S/C21H12Cl2FN5.2Pb/c1-25-21-27-11-17(24)20(29-21)26-10-13-9-12-5-4-8-16(23)19(12)28-18(13)14-6-2-3-7-15(14)22;;/h2-9,11H,10H2,(H,26,27,29);;. The molecule has 0 aliphatic carbocycles. The topological polar surface area (TPSA) is 63.1 Å². The number of pyridine rings is 1. The van der Waals surface area contributed by atoms with E-state index in [2.05, 4.69) is 20.3 Å². The molecule has 0 atom stereocenters. The van der Waals surface area contributed by atoms with Crippen LogP contribution in [0.3, 0.4) is 0 Å². The summed E-state index contributed by atoms with van der Waals surface area (Å²) < 4.78 is 15.4. The van der Waals surface area contributed by atoms with Crippen molar-refractivity contribution in [3.8, 4) is 11.3 Å². The van der Waals surface area contributed by atoms with Crippen molar-refractivity contribution < 1.29 is 4.39 Å². The van der Waals surface area contributed by atoms with Gasteiger partial charge in [0.15, 0.2) is 0 Å². The molecule has 31 heavy (non-hydrogen) atoms. The van der Waals surface area contributed by atoms with Gasteiger partial charge in [-0.05, 0) is 6.07 Å². The van der Waals surface area contributed by atoms with Gasteiger partial charge in [0.05, 0.1) is 0 Å². The summed E-state index contributed by atoms with van der Waals surface area (Å²) in [6.45, 7) is 0.279. The van der Waals surface area contributed by atoms with Gasteiger partial charge in [-0.1, -0.05) is 17.7 Å². The molecule has 0 saturated carbocycles. The molecule has 5 nitrogen and oxygen atoms in total. The van der Waals surface area contributed by atoms with Crippen molar-refractivity contribution in [2.24, 2.45) is 4.99 Å². The van der Waals surface area contributed by atoms with Gasteiger partial charge in [0.1, 0.15) is 0 Å². The molecule has 6 radical (unpaired) electrons. The summed E-state index contributed by atoms with van der Waals surface area (Å²) in [5.74, 6) is -0.188. The van der Waals surface area contributed by atoms with Crippen molar-refractivity contribution in [2.45, 2.75) is 6.54 Å². The minimum atomic E-state index is -0.543. The number of hydrogen-bond acceptors (Lipinski definition) is 5. The molecule has 2 aromatic carbocycles. The third-order valence-electron chi connectivity index (χ3n) is 4.39. The van der Waals surface area contributed by atoms with E-state index in [-0.39, 0.29) is 18.3 Å². The van der Waals surface area contributed by atoms with E-state index in [1.54, 1.807) is 12.1 Å². The Morgan fingerprint density at radius 3 is 2.58 bits per heavy atom. The first-order valence-corrected chi connectivity index (χ1v) is 13.7. The molecule has 0 bridgehead atoms. The molecule has 4 rings (SSSR count). The fourth-order valence-electron chi connectivity index (χ4n) is 3.04. The van der Waals surface area contributed by atoms with E-state index in [4.69, 9.17) is 28.2 Å². The fourth-order valence-corrected chi connectivity index (χ4v) is 4.27. The summed E-state index contributed by atoms with van der Waals surface area (Å²) in [4.78, 5) is 17.3. The average molecular weight is 839 g/mol. The number of halogens is 3. The van der Waals surface area contributed by atoms with Crippen LogP contribution >= 0.6 is 23.2 Å². The summed E-state index contributed by atoms with van der Waals surface area (Å²) in [7, 11) is 0. The van der Waals surface area contributed by atoms with Crippen LogP contribution in [0.25, 0.3) is 22.2 Å². The van der Waals surface area contributed by atoms with Crippen molar-refractivity contribution in [3.05, 3.63) is 76.2 Å². The van der Waals surface area contributed by atoms with E-state index in [1.807, 2.05) is 36.4 Å². The third-order valence-corrected chi connectivity index (χ3v) is 5.90. The van der Waals surface area contributed by atoms with E-state index in [0.29, 0.717) is 21.3 Å². The number of benzene rings is 2. The molecule has 2 heterocycles. The Morgan fingerprint density at radius 2 is 1.81 bits per heavy atom. The van der Waals surface area contributed by atoms with Crippen LogP contribution in [0.2, 0.25) is 10.0 Å². The number of hydrogen-bond donors (Lipinski definition) is 1. The van der Waals surface area contributed by atoms with Crippen LogP contribution in [0.15, 0.2) is 59.7 Å². The molecule has 0 unspecified atom stereocenters. The van der Waals surface area contributed by atoms with Crippen LogP contribution in [0, 0.1) is 5.82 Å². The van der Waals surface area contributed by atoms with E-state index in [9.17, 15) is 4.39 Å². The molecule has 0 aliphatic rings. The van der Waals surface area contributed by atoms with Gasteiger partial charge in [-0.25, -0.2) is 0 Å². The molecular formula is C21H12Cl2FN5Pb2. The van der Waals surface area contributed by atoms with Crippen molar-refractivity contribution >= 4 is 98.2 Å². The van der Waals surface area contributed by atoms with E-state index < -0.39 is 5.82 Å². The Hall–Kier alpha value is -1.25. The van der Waals surface area contributed by atoms with Gasteiger partial charge in [-0.2, -0.15) is 0 Å². The zero-order valence-electron chi connectivity index (χ0n) is 15.8. The number of nitrogens with one attached hydrogen (secondary N) is 1. The first kappa shape index (κ1) is 22.9. The predicted molar refractivity (Wildman–Crippen MR) is 125 cm³/mol. The van der Waals surface area contributed by atoms with Crippen LogP contribution < -0.4 is 5.32 Å². The second-order valence-electron chi connectivity index (χ2n) is 6.47. The van der Waals surface area contributed by atoms with Crippen LogP contribution in [0.5, 0.6) is 0 Å². The van der Waals surface area contributed by atoms with E-state index in [0.717, 1.165) is 75.1 Å².